The van der Waals surface area contributed by atoms with Gasteiger partial charge in [-0.25, -0.2) is 9.69 Å². The second-order valence-corrected chi connectivity index (χ2v) is 10.4. The largest absolute Gasteiger partial charge is 0.454 e. The maximum atomic E-state index is 13.3. The molecule has 0 aliphatic carbocycles. The van der Waals surface area contributed by atoms with Crippen molar-refractivity contribution in [3.8, 4) is 11.1 Å². The highest BCUT2D eigenvalue weighted by Crippen LogP contribution is 2.32. The minimum atomic E-state index is -0.649. The van der Waals surface area contributed by atoms with Crippen LogP contribution in [0.2, 0.25) is 0 Å². The van der Waals surface area contributed by atoms with Crippen LogP contribution in [0.1, 0.15) is 60.2 Å². The van der Waals surface area contributed by atoms with Crippen LogP contribution >= 0.6 is 0 Å². The lowest BCUT2D eigenvalue weighted by atomic mass is 9.94. The first-order valence-corrected chi connectivity index (χ1v) is 13.4. The number of likely N-dealkylation sites (tertiary alicyclic amines) is 1. The zero-order valence-corrected chi connectivity index (χ0v) is 22.2. The van der Waals surface area contributed by atoms with Crippen LogP contribution < -0.4 is 4.90 Å². The Morgan fingerprint density at radius 3 is 2.03 bits per heavy atom. The maximum Gasteiger partial charge on any atom is 0.338 e. The number of piperidine rings is 1. The summed E-state index contributed by atoms with van der Waals surface area (Å²) in [5.41, 5.74) is 3.16. The first-order chi connectivity index (χ1) is 18.8. The van der Waals surface area contributed by atoms with Crippen LogP contribution in [0.5, 0.6) is 0 Å². The minimum Gasteiger partial charge on any atom is -0.454 e. The van der Waals surface area contributed by atoms with E-state index in [0.29, 0.717) is 11.3 Å². The SMILES string of the molecule is C[C@@H]1CCC[C@H](C)N1C1CC(=O)N(c2ccc(C(=O)OCC(=O)c3ccc(-c4ccccc4)cc3)cc2)C1=O. The van der Waals surface area contributed by atoms with E-state index in [1.807, 2.05) is 42.5 Å². The standard InChI is InChI=1S/C32H32N2O5/c1-21-7-6-8-22(2)33(21)28-19-30(36)34(31(28)37)27-17-15-26(16-18-27)32(38)39-20-29(35)25-13-11-24(12-14-25)23-9-4-3-5-10-23/h3-5,9-18,21-22,28H,6-8,19-20H2,1-2H3/t21-,22+,28?. The number of carbonyl (C=O) groups excluding carboxylic acids is 4. The average Bonchev–Trinajstić information content (AvgIpc) is 3.25. The molecule has 3 aromatic rings. The molecule has 39 heavy (non-hydrogen) atoms. The molecule has 1 unspecified atom stereocenters. The van der Waals surface area contributed by atoms with Crippen LogP contribution in [-0.4, -0.2) is 53.2 Å². The van der Waals surface area contributed by atoms with E-state index in [2.05, 4.69) is 18.7 Å². The quantitative estimate of drug-likeness (QED) is 0.237. The third-order valence-electron chi connectivity index (χ3n) is 7.75. The molecule has 2 aliphatic heterocycles. The third-order valence-corrected chi connectivity index (χ3v) is 7.75. The number of anilines is 1. The number of Topliss-reactive ketones (excluding diaryl/α,β-unsaturated/α-hetero) is 1. The molecule has 7 heteroatoms. The normalized spacial score (nSPS) is 21.7. The Kier molecular flexibility index (Phi) is 7.70. The summed E-state index contributed by atoms with van der Waals surface area (Å²) in [7, 11) is 0. The predicted octanol–water partition coefficient (Wildman–Crippen LogP) is 5.29. The zero-order valence-electron chi connectivity index (χ0n) is 22.2. The molecule has 0 aromatic heterocycles. The lowest BCUT2D eigenvalue weighted by Crippen LogP contribution is -2.52. The molecular formula is C32H32N2O5. The second-order valence-electron chi connectivity index (χ2n) is 10.4. The van der Waals surface area contributed by atoms with Gasteiger partial charge in [0, 0.05) is 17.6 Å². The van der Waals surface area contributed by atoms with Gasteiger partial charge in [0.15, 0.2) is 12.4 Å². The molecule has 2 fully saturated rings. The molecule has 200 valence electrons. The molecule has 0 saturated carbocycles. The number of amides is 2. The van der Waals surface area contributed by atoms with Crippen molar-refractivity contribution in [2.45, 2.75) is 57.7 Å². The number of rotatable bonds is 7. The van der Waals surface area contributed by atoms with Gasteiger partial charge < -0.3 is 4.74 Å². The van der Waals surface area contributed by atoms with Gasteiger partial charge in [0.05, 0.1) is 23.7 Å². The number of ketones is 1. The first kappa shape index (κ1) is 26.5. The number of ether oxygens (including phenoxy) is 1. The van der Waals surface area contributed by atoms with Crippen molar-refractivity contribution in [3.05, 3.63) is 90.0 Å². The maximum absolute atomic E-state index is 13.3. The van der Waals surface area contributed by atoms with E-state index >= 15 is 0 Å². The molecule has 2 heterocycles. The van der Waals surface area contributed by atoms with Gasteiger partial charge in [0.25, 0.3) is 5.91 Å². The molecular weight excluding hydrogens is 492 g/mol. The molecule has 5 rings (SSSR count). The Morgan fingerprint density at radius 1 is 0.795 bits per heavy atom. The minimum absolute atomic E-state index is 0.158. The molecule has 7 nitrogen and oxygen atoms in total. The summed E-state index contributed by atoms with van der Waals surface area (Å²) < 4.78 is 5.24. The Bertz CT molecular complexity index is 1360. The van der Waals surface area contributed by atoms with E-state index in [1.54, 1.807) is 24.3 Å². The van der Waals surface area contributed by atoms with E-state index in [-0.39, 0.29) is 48.3 Å². The Labute approximate surface area is 228 Å². The summed E-state index contributed by atoms with van der Waals surface area (Å²) in [6.07, 6.45) is 3.31. The van der Waals surface area contributed by atoms with Gasteiger partial charge in [0.1, 0.15) is 0 Å². The summed E-state index contributed by atoms with van der Waals surface area (Å²) in [6, 6.07) is 23.2. The summed E-state index contributed by atoms with van der Waals surface area (Å²) in [4.78, 5) is 54.7. The van der Waals surface area contributed by atoms with Crippen molar-refractivity contribution in [1.82, 2.24) is 4.90 Å². The van der Waals surface area contributed by atoms with Crippen molar-refractivity contribution in [1.29, 1.82) is 0 Å². The number of esters is 1. The summed E-state index contributed by atoms with van der Waals surface area (Å²) in [5, 5.41) is 0. The van der Waals surface area contributed by atoms with E-state index in [0.717, 1.165) is 30.4 Å². The summed E-state index contributed by atoms with van der Waals surface area (Å²) >= 11 is 0. The van der Waals surface area contributed by atoms with E-state index in [4.69, 9.17) is 4.74 Å². The van der Waals surface area contributed by atoms with E-state index in [9.17, 15) is 19.2 Å². The van der Waals surface area contributed by atoms with Gasteiger partial charge in [-0.1, -0.05) is 61.0 Å². The first-order valence-electron chi connectivity index (χ1n) is 13.4. The fourth-order valence-electron chi connectivity index (χ4n) is 5.70. The van der Waals surface area contributed by atoms with Crippen LogP contribution in [0.15, 0.2) is 78.9 Å². The van der Waals surface area contributed by atoms with Gasteiger partial charge in [-0.05, 0) is 62.1 Å². The van der Waals surface area contributed by atoms with Crippen molar-refractivity contribution in [3.63, 3.8) is 0 Å². The highest BCUT2D eigenvalue weighted by Gasteiger charge is 2.46. The molecule has 0 radical (unpaired) electrons. The highest BCUT2D eigenvalue weighted by molar-refractivity contribution is 6.22. The molecule has 3 aromatic carbocycles. The Balaban J connectivity index is 1.19. The highest BCUT2D eigenvalue weighted by atomic mass is 16.5. The number of carbonyl (C=O) groups is 4. The zero-order chi connectivity index (χ0) is 27.5. The van der Waals surface area contributed by atoms with Gasteiger partial charge in [-0.3, -0.25) is 19.3 Å². The van der Waals surface area contributed by atoms with Crippen LogP contribution in [0.3, 0.4) is 0 Å². The number of hydrogen-bond donors (Lipinski definition) is 0. The molecule has 0 N–H and O–H groups in total. The van der Waals surface area contributed by atoms with E-state index in [1.165, 1.54) is 17.0 Å². The fraction of sp³-hybridized carbons (Fsp3) is 0.312. The smallest absolute Gasteiger partial charge is 0.338 e. The number of hydrogen-bond acceptors (Lipinski definition) is 6. The van der Waals surface area contributed by atoms with Crippen molar-refractivity contribution in [2.75, 3.05) is 11.5 Å². The lowest BCUT2D eigenvalue weighted by Gasteiger charge is -2.41. The second kappa shape index (κ2) is 11.3. The van der Waals surface area contributed by atoms with Gasteiger partial charge in [0.2, 0.25) is 5.91 Å². The van der Waals surface area contributed by atoms with Crippen molar-refractivity contribution in [2.24, 2.45) is 0 Å². The predicted molar refractivity (Wildman–Crippen MR) is 148 cm³/mol. The Morgan fingerprint density at radius 2 is 1.38 bits per heavy atom. The number of benzene rings is 3. The van der Waals surface area contributed by atoms with Crippen LogP contribution in [0.25, 0.3) is 11.1 Å². The third kappa shape index (κ3) is 5.54. The number of imide groups is 1. The fourth-order valence-corrected chi connectivity index (χ4v) is 5.70. The lowest BCUT2D eigenvalue weighted by molar-refractivity contribution is -0.124. The molecule has 3 atom stereocenters. The molecule has 0 spiro atoms. The Hall–Kier alpha value is -4.10. The van der Waals surface area contributed by atoms with Crippen LogP contribution in [0, 0.1) is 0 Å². The molecule has 2 saturated heterocycles. The van der Waals surface area contributed by atoms with Gasteiger partial charge in [-0.2, -0.15) is 0 Å². The summed E-state index contributed by atoms with van der Waals surface area (Å²) in [6.45, 7) is 3.84. The molecule has 2 amide bonds. The van der Waals surface area contributed by atoms with Crippen molar-refractivity contribution >= 4 is 29.3 Å². The van der Waals surface area contributed by atoms with Gasteiger partial charge in [-0.15, -0.1) is 0 Å². The van der Waals surface area contributed by atoms with E-state index < -0.39 is 12.0 Å². The molecule has 2 aliphatic rings. The average molecular weight is 525 g/mol. The van der Waals surface area contributed by atoms with Gasteiger partial charge >= 0.3 is 5.97 Å². The van der Waals surface area contributed by atoms with Crippen molar-refractivity contribution < 1.29 is 23.9 Å². The monoisotopic (exact) mass is 524 g/mol. The van der Waals surface area contributed by atoms with Crippen LogP contribution in [0.4, 0.5) is 5.69 Å². The topological polar surface area (TPSA) is 84.0 Å². The summed E-state index contributed by atoms with van der Waals surface area (Å²) in [5.74, 6) is -1.42. The van der Waals surface area contributed by atoms with Crippen LogP contribution in [-0.2, 0) is 14.3 Å². The number of nitrogens with zero attached hydrogens (tertiary/aromatic N) is 2. The molecule has 0 bridgehead atoms.